The van der Waals surface area contributed by atoms with Crippen LogP contribution >= 0.6 is 0 Å². The van der Waals surface area contributed by atoms with Gasteiger partial charge in [0.05, 0.1) is 11.4 Å². The van der Waals surface area contributed by atoms with Crippen molar-refractivity contribution in [1.29, 1.82) is 0 Å². The molecule has 0 unspecified atom stereocenters. The van der Waals surface area contributed by atoms with E-state index in [0.717, 1.165) is 4.31 Å². The highest BCUT2D eigenvalue weighted by Gasteiger charge is 2.27. The van der Waals surface area contributed by atoms with Crippen LogP contribution in [-0.4, -0.2) is 31.7 Å². The molecule has 0 heterocycles. The van der Waals surface area contributed by atoms with Crippen LogP contribution < -0.4 is 5.73 Å². The van der Waals surface area contributed by atoms with Gasteiger partial charge in [-0.2, -0.15) is 4.31 Å². The van der Waals surface area contributed by atoms with Gasteiger partial charge in [-0.3, -0.25) is 4.79 Å². The third-order valence-corrected chi connectivity index (χ3v) is 4.58. The second-order valence-corrected chi connectivity index (χ2v) is 6.83. The molecule has 0 bridgehead atoms. The summed E-state index contributed by atoms with van der Waals surface area (Å²) in [5.41, 5.74) is 5.79. The maximum absolute atomic E-state index is 12.5. The van der Waals surface area contributed by atoms with Crippen LogP contribution in [0, 0.1) is 12.8 Å². The lowest BCUT2D eigenvalue weighted by Crippen LogP contribution is -2.40. The van der Waals surface area contributed by atoms with Gasteiger partial charge in [-0.05, 0) is 24.5 Å². The van der Waals surface area contributed by atoms with Gasteiger partial charge in [0.15, 0.2) is 0 Å². The smallest absolute Gasteiger partial charge is 0.243 e. The molecule has 0 aliphatic heterocycles. The molecule has 106 valence electrons. The van der Waals surface area contributed by atoms with Crippen molar-refractivity contribution in [2.45, 2.75) is 25.7 Å². The zero-order valence-electron chi connectivity index (χ0n) is 11.5. The molecule has 1 amide bonds. The summed E-state index contributed by atoms with van der Waals surface area (Å²) in [5, 5.41) is 0. The van der Waals surface area contributed by atoms with E-state index in [9.17, 15) is 13.2 Å². The molecule has 19 heavy (non-hydrogen) atoms. The minimum absolute atomic E-state index is 0.109. The Kier molecular flexibility index (Phi) is 5.08. The largest absolute Gasteiger partial charge is 0.369 e. The summed E-state index contributed by atoms with van der Waals surface area (Å²) in [7, 11) is -3.69. The summed E-state index contributed by atoms with van der Waals surface area (Å²) in [6.07, 6.45) is 0. The summed E-state index contributed by atoms with van der Waals surface area (Å²) in [5.74, 6) is -0.545. The van der Waals surface area contributed by atoms with Crippen LogP contribution in [0.15, 0.2) is 29.2 Å². The quantitative estimate of drug-likeness (QED) is 0.850. The van der Waals surface area contributed by atoms with Gasteiger partial charge in [-0.15, -0.1) is 0 Å². The lowest BCUT2D eigenvalue weighted by atomic mass is 10.2. The Morgan fingerprint density at radius 3 is 2.37 bits per heavy atom. The number of carbonyl (C=O) groups excluding carboxylic acids is 1. The van der Waals surface area contributed by atoms with E-state index in [0.29, 0.717) is 5.56 Å². The number of sulfonamides is 1. The molecule has 0 radical (unpaired) electrons. The lowest BCUT2D eigenvalue weighted by Gasteiger charge is -2.23. The molecule has 1 aromatic carbocycles. The Bertz CT molecular complexity index is 553. The van der Waals surface area contributed by atoms with Crippen molar-refractivity contribution in [3.63, 3.8) is 0 Å². The highest BCUT2D eigenvalue weighted by atomic mass is 32.2. The van der Waals surface area contributed by atoms with Gasteiger partial charge in [0.1, 0.15) is 0 Å². The second kappa shape index (κ2) is 6.16. The fraction of sp³-hybridized carbons (Fsp3) is 0.462. The summed E-state index contributed by atoms with van der Waals surface area (Å²) in [6.45, 7) is 5.47. The van der Waals surface area contributed by atoms with Crippen molar-refractivity contribution in [2.75, 3.05) is 13.1 Å². The topological polar surface area (TPSA) is 80.5 Å². The molecular formula is C13H20N2O3S. The number of benzene rings is 1. The van der Waals surface area contributed by atoms with Crippen LogP contribution in [0.3, 0.4) is 0 Å². The summed E-state index contributed by atoms with van der Waals surface area (Å²) < 4.78 is 26.2. The highest BCUT2D eigenvalue weighted by molar-refractivity contribution is 7.89. The monoisotopic (exact) mass is 284 g/mol. The first-order valence-corrected chi connectivity index (χ1v) is 7.53. The predicted octanol–water partition coefficient (Wildman–Crippen LogP) is 1.13. The molecule has 1 aromatic rings. The van der Waals surface area contributed by atoms with Crippen LogP contribution in [0.2, 0.25) is 0 Å². The van der Waals surface area contributed by atoms with Gasteiger partial charge in [-0.25, -0.2) is 8.42 Å². The number of nitrogens with zero attached hydrogens (tertiary/aromatic N) is 1. The Morgan fingerprint density at radius 1 is 1.32 bits per heavy atom. The molecule has 1 rings (SSSR count). The van der Waals surface area contributed by atoms with E-state index in [1.165, 1.54) is 0 Å². The fourth-order valence-corrected chi connectivity index (χ4v) is 3.61. The van der Waals surface area contributed by atoms with Crippen molar-refractivity contribution in [2.24, 2.45) is 11.7 Å². The second-order valence-electron chi connectivity index (χ2n) is 4.92. The average molecular weight is 284 g/mol. The number of hydrogen-bond acceptors (Lipinski definition) is 3. The molecule has 0 aromatic heterocycles. The van der Waals surface area contributed by atoms with Crippen molar-refractivity contribution in [3.05, 3.63) is 29.8 Å². The number of primary amides is 1. The Morgan fingerprint density at radius 2 is 1.89 bits per heavy atom. The number of hydrogen-bond donors (Lipinski definition) is 1. The maximum atomic E-state index is 12.5. The minimum Gasteiger partial charge on any atom is -0.369 e. The SMILES string of the molecule is Cc1ccccc1S(=O)(=O)N(CC(N)=O)CC(C)C. The van der Waals surface area contributed by atoms with Crippen molar-refractivity contribution < 1.29 is 13.2 Å². The molecule has 0 aliphatic carbocycles. The summed E-state index contributed by atoms with van der Waals surface area (Å²) in [4.78, 5) is 11.3. The molecule has 0 fully saturated rings. The Labute approximate surface area is 114 Å². The van der Waals surface area contributed by atoms with Crippen LogP contribution in [0.4, 0.5) is 0 Å². The molecule has 0 aliphatic rings. The standard InChI is InChI=1S/C13H20N2O3S/c1-10(2)8-15(9-13(14)16)19(17,18)12-7-5-4-6-11(12)3/h4-7,10H,8-9H2,1-3H3,(H2,14,16). The first-order chi connectivity index (χ1) is 8.75. The van der Waals surface area contributed by atoms with Crippen LogP contribution in [0.1, 0.15) is 19.4 Å². The van der Waals surface area contributed by atoms with Gasteiger partial charge >= 0.3 is 0 Å². The molecule has 0 spiro atoms. The van der Waals surface area contributed by atoms with E-state index in [1.54, 1.807) is 31.2 Å². The third kappa shape index (κ3) is 4.04. The van der Waals surface area contributed by atoms with Gasteiger partial charge in [0, 0.05) is 6.54 Å². The van der Waals surface area contributed by atoms with E-state index in [-0.39, 0.29) is 23.9 Å². The Hall–Kier alpha value is -1.40. The summed E-state index contributed by atoms with van der Waals surface area (Å²) in [6, 6.07) is 6.70. The zero-order valence-corrected chi connectivity index (χ0v) is 12.3. The summed E-state index contributed by atoms with van der Waals surface area (Å²) >= 11 is 0. The molecule has 2 N–H and O–H groups in total. The minimum atomic E-state index is -3.69. The first kappa shape index (κ1) is 15.7. The van der Waals surface area contributed by atoms with E-state index in [1.807, 2.05) is 13.8 Å². The number of aryl methyl sites for hydroxylation is 1. The maximum Gasteiger partial charge on any atom is 0.243 e. The number of carbonyl (C=O) groups is 1. The normalized spacial score (nSPS) is 12.1. The first-order valence-electron chi connectivity index (χ1n) is 6.09. The molecule has 0 atom stereocenters. The predicted molar refractivity (Wildman–Crippen MR) is 74.0 cm³/mol. The molecule has 5 nitrogen and oxygen atoms in total. The third-order valence-electron chi connectivity index (χ3n) is 2.61. The number of amides is 1. The molecular weight excluding hydrogens is 264 g/mol. The van der Waals surface area contributed by atoms with Crippen LogP contribution in [0.25, 0.3) is 0 Å². The molecule has 6 heteroatoms. The van der Waals surface area contributed by atoms with Gasteiger partial charge < -0.3 is 5.73 Å². The van der Waals surface area contributed by atoms with Gasteiger partial charge in [-0.1, -0.05) is 32.0 Å². The van der Waals surface area contributed by atoms with Gasteiger partial charge in [0.2, 0.25) is 15.9 Å². The van der Waals surface area contributed by atoms with E-state index >= 15 is 0 Å². The lowest BCUT2D eigenvalue weighted by molar-refractivity contribution is -0.118. The highest BCUT2D eigenvalue weighted by Crippen LogP contribution is 2.20. The van der Waals surface area contributed by atoms with Crippen molar-refractivity contribution in [1.82, 2.24) is 4.31 Å². The van der Waals surface area contributed by atoms with Crippen LogP contribution in [-0.2, 0) is 14.8 Å². The Balaban J connectivity index is 3.19. The van der Waals surface area contributed by atoms with Crippen molar-refractivity contribution >= 4 is 15.9 Å². The van der Waals surface area contributed by atoms with Gasteiger partial charge in [0.25, 0.3) is 0 Å². The molecule has 0 saturated carbocycles. The number of rotatable bonds is 6. The fourth-order valence-electron chi connectivity index (χ4n) is 1.81. The zero-order chi connectivity index (χ0) is 14.6. The average Bonchev–Trinajstić information content (AvgIpc) is 2.27. The van der Waals surface area contributed by atoms with E-state index in [4.69, 9.17) is 5.73 Å². The van der Waals surface area contributed by atoms with E-state index < -0.39 is 15.9 Å². The van der Waals surface area contributed by atoms with Crippen molar-refractivity contribution in [3.8, 4) is 0 Å². The van der Waals surface area contributed by atoms with Crippen LogP contribution in [0.5, 0.6) is 0 Å². The molecule has 0 saturated heterocycles. The van der Waals surface area contributed by atoms with E-state index in [2.05, 4.69) is 0 Å². The number of nitrogens with two attached hydrogens (primary N) is 1.